The highest BCUT2D eigenvalue weighted by molar-refractivity contribution is 5.74. The van der Waals surface area contributed by atoms with Crippen molar-refractivity contribution < 1.29 is 4.79 Å². The van der Waals surface area contributed by atoms with E-state index in [0.29, 0.717) is 12.0 Å². The summed E-state index contributed by atoms with van der Waals surface area (Å²) >= 11 is 0. The monoisotopic (exact) mass is 264 g/mol. The van der Waals surface area contributed by atoms with Gasteiger partial charge in [0.25, 0.3) is 0 Å². The van der Waals surface area contributed by atoms with Crippen LogP contribution in [0.4, 0.5) is 4.79 Å². The molecule has 4 rings (SSSR count). The molecule has 2 N–H and O–H groups in total. The van der Waals surface area contributed by atoms with Gasteiger partial charge in [-0.15, -0.1) is 0 Å². The van der Waals surface area contributed by atoms with Gasteiger partial charge in [0, 0.05) is 12.6 Å². The molecule has 4 saturated carbocycles. The SMILES string of the molecule is CC(C)CCNC(=O)NC1C2CC3CC(C2)CC1C3. The predicted molar refractivity (Wildman–Crippen MR) is 76.8 cm³/mol. The second-order valence-electron chi connectivity index (χ2n) is 7.54. The van der Waals surface area contributed by atoms with Gasteiger partial charge in [0.1, 0.15) is 0 Å². The first-order valence-corrected chi connectivity index (χ1v) is 8.16. The van der Waals surface area contributed by atoms with Gasteiger partial charge in [0.05, 0.1) is 0 Å². The van der Waals surface area contributed by atoms with E-state index in [9.17, 15) is 4.79 Å². The van der Waals surface area contributed by atoms with Gasteiger partial charge in [-0.05, 0) is 68.1 Å². The smallest absolute Gasteiger partial charge is 0.315 e. The zero-order valence-corrected chi connectivity index (χ0v) is 12.3. The molecule has 0 heterocycles. The van der Waals surface area contributed by atoms with Crippen LogP contribution < -0.4 is 10.6 Å². The average Bonchev–Trinajstić information content (AvgIpc) is 2.32. The van der Waals surface area contributed by atoms with Crippen LogP contribution in [-0.4, -0.2) is 18.6 Å². The molecule has 0 atom stereocenters. The minimum Gasteiger partial charge on any atom is -0.338 e. The van der Waals surface area contributed by atoms with Crippen LogP contribution in [0.5, 0.6) is 0 Å². The molecule has 0 aromatic carbocycles. The first-order valence-electron chi connectivity index (χ1n) is 8.16. The zero-order valence-electron chi connectivity index (χ0n) is 12.3. The van der Waals surface area contributed by atoms with Crippen molar-refractivity contribution in [2.45, 2.75) is 58.4 Å². The standard InChI is InChI=1S/C16H28N2O/c1-10(2)3-4-17-16(19)18-15-13-6-11-5-12(8-13)9-14(15)7-11/h10-15H,3-9H2,1-2H3,(H2,17,18,19). The molecule has 0 aliphatic heterocycles. The Morgan fingerprint density at radius 2 is 1.63 bits per heavy atom. The van der Waals surface area contributed by atoms with Gasteiger partial charge in [-0.1, -0.05) is 13.8 Å². The highest BCUT2D eigenvalue weighted by atomic mass is 16.2. The Morgan fingerprint density at radius 3 is 2.16 bits per heavy atom. The van der Waals surface area contributed by atoms with E-state index in [1.165, 1.54) is 32.1 Å². The summed E-state index contributed by atoms with van der Waals surface area (Å²) < 4.78 is 0. The van der Waals surface area contributed by atoms with Crippen LogP contribution in [0.3, 0.4) is 0 Å². The lowest BCUT2D eigenvalue weighted by Gasteiger charge is -2.54. The summed E-state index contributed by atoms with van der Waals surface area (Å²) in [5.41, 5.74) is 0. The highest BCUT2D eigenvalue weighted by Gasteiger charge is 2.48. The van der Waals surface area contributed by atoms with E-state index in [1.54, 1.807) is 0 Å². The molecular formula is C16H28N2O. The fraction of sp³-hybridized carbons (Fsp3) is 0.938. The zero-order chi connectivity index (χ0) is 13.4. The molecule has 0 unspecified atom stereocenters. The fourth-order valence-electron chi connectivity index (χ4n) is 4.84. The third-order valence-electron chi connectivity index (χ3n) is 5.53. The molecule has 3 heteroatoms. The lowest BCUT2D eigenvalue weighted by molar-refractivity contribution is -0.00941. The molecule has 0 radical (unpaired) electrons. The molecule has 108 valence electrons. The van der Waals surface area contributed by atoms with Crippen LogP contribution in [-0.2, 0) is 0 Å². The number of carbonyl (C=O) groups is 1. The largest absolute Gasteiger partial charge is 0.338 e. The molecule has 4 aliphatic carbocycles. The van der Waals surface area contributed by atoms with Gasteiger partial charge < -0.3 is 10.6 Å². The number of rotatable bonds is 4. The fourth-order valence-corrected chi connectivity index (χ4v) is 4.84. The Labute approximate surface area is 116 Å². The number of carbonyl (C=O) groups excluding carboxylic acids is 1. The van der Waals surface area contributed by atoms with Gasteiger partial charge >= 0.3 is 6.03 Å². The summed E-state index contributed by atoms with van der Waals surface area (Å²) in [6.45, 7) is 5.19. The molecule has 4 aliphatic rings. The molecule has 0 aromatic rings. The van der Waals surface area contributed by atoms with E-state index in [1.807, 2.05) is 0 Å². The van der Waals surface area contributed by atoms with E-state index in [2.05, 4.69) is 24.5 Å². The number of hydrogen-bond donors (Lipinski definition) is 2. The topological polar surface area (TPSA) is 41.1 Å². The lowest BCUT2D eigenvalue weighted by Crippen LogP contribution is -2.57. The Morgan fingerprint density at radius 1 is 1.05 bits per heavy atom. The molecule has 4 fully saturated rings. The summed E-state index contributed by atoms with van der Waals surface area (Å²) in [5, 5.41) is 6.31. The summed E-state index contributed by atoms with van der Waals surface area (Å²) in [7, 11) is 0. The van der Waals surface area contributed by atoms with E-state index in [4.69, 9.17) is 0 Å². The maximum absolute atomic E-state index is 12.0. The number of nitrogens with one attached hydrogen (secondary N) is 2. The normalized spacial score (nSPS) is 39.6. The van der Waals surface area contributed by atoms with Gasteiger partial charge in [0.2, 0.25) is 0 Å². The molecule has 0 spiro atoms. The van der Waals surface area contributed by atoms with Crippen molar-refractivity contribution >= 4 is 6.03 Å². The Kier molecular flexibility index (Phi) is 3.72. The van der Waals surface area contributed by atoms with E-state index >= 15 is 0 Å². The molecular weight excluding hydrogens is 236 g/mol. The van der Waals surface area contributed by atoms with E-state index in [0.717, 1.165) is 36.6 Å². The second kappa shape index (κ2) is 5.34. The molecule has 0 saturated heterocycles. The van der Waals surface area contributed by atoms with Crippen molar-refractivity contribution in [3.63, 3.8) is 0 Å². The Balaban J connectivity index is 1.48. The van der Waals surface area contributed by atoms with Crippen molar-refractivity contribution in [1.29, 1.82) is 0 Å². The summed E-state index contributed by atoms with van der Waals surface area (Å²) in [5.74, 6) is 4.15. The Hall–Kier alpha value is -0.730. The van der Waals surface area contributed by atoms with Crippen LogP contribution in [0, 0.1) is 29.6 Å². The van der Waals surface area contributed by atoms with Crippen molar-refractivity contribution in [3.8, 4) is 0 Å². The quantitative estimate of drug-likeness (QED) is 0.804. The summed E-state index contributed by atoms with van der Waals surface area (Å²) in [6, 6.07) is 0.532. The van der Waals surface area contributed by atoms with Gasteiger partial charge in [0.15, 0.2) is 0 Å². The van der Waals surface area contributed by atoms with Crippen molar-refractivity contribution in [1.82, 2.24) is 10.6 Å². The maximum atomic E-state index is 12.0. The highest BCUT2D eigenvalue weighted by Crippen LogP contribution is 2.53. The van der Waals surface area contributed by atoms with Crippen molar-refractivity contribution in [2.24, 2.45) is 29.6 Å². The van der Waals surface area contributed by atoms with E-state index in [-0.39, 0.29) is 6.03 Å². The third-order valence-corrected chi connectivity index (χ3v) is 5.53. The molecule has 19 heavy (non-hydrogen) atoms. The summed E-state index contributed by atoms with van der Waals surface area (Å²) in [6.07, 6.45) is 8.00. The number of hydrogen-bond acceptors (Lipinski definition) is 1. The minimum atomic E-state index is 0.0677. The lowest BCUT2D eigenvalue weighted by atomic mass is 9.54. The summed E-state index contributed by atoms with van der Waals surface area (Å²) in [4.78, 5) is 12.0. The van der Waals surface area contributed by atoms with Crippen molar-refractivity contribution in [3.05, 3.63) is 0 Å². The number of amides is 2. The first-order chi connectivity index (χ1) is 9.11. The third kappa shape index (κ3) is 2.90. The number of urea groups is 1. The molecule has 3 nitrogen and oxygen atoms in total. The molecule has 2 amide bonds. The Bertz CT molecular complexity index is 312. The molecule has 0 aromatic heterocycles. The van der Waals surface area contributed by atoms with Crippen LogP contribution in [0.1, 0.15) is 52.4 Å². The van der Waals surface area contributed by atoms with E-state index < -0.39 is 0 Å². The second-order valence-corrected chi connectivity index (χ2v) is 7.54. The predicted octanol–water partition coefficient (Wildman–Crippen LogP) is 3.16. The van der Waals surface area contributed by atoms with Gasteiger partial charge in [-0.25, -0.2) is 4.79 Å². The van der Waals surface area contributed by atoms with Crippen LogP contribution in [0.25, 0.3) is 0 Å². The van der Waals surface area contributed by atoms with Crippen molar-refractivity contribution in [2.75, 3.05) is 6.54 Å². The van der Waals surface area contributed by atoms with Crippen LogP contribution in [0.2, 0.25) is 0 Å². The minimum absolute atomic E-state index is 0.0677. The molecule has 4 bridgehead atoms. The first kappa shape index (κ1) is 13.3. The average molecular weight is 264 g/mol. The van der Waals surface area contributed by atoms with Gasteiger partial charge in [-0.3, -0.25) is 0 Å². The van der Waals surface area contributed by atoms with Crippen LogP contribution in [0.15, 0.2) is 0 Å². The van der Waals surface area contributed by atoms with Gasteiger partial charge in [-0.2, -0.15) is 0 Å². The van der Waals surface area contributed by atoms with Crippen LogP contribution >= 0.6 is 0 Å². The maximum Gasteiger partial charge on any atom is 0.315 e.